The van der Waals surface area contributed by atoms with Gasteiger partial charge in [0.05, 0.1) is 37.4 Å². The Kier molecular flexibility index (Phi) is 39.8. The van der Waals surface area contributed by atoms with Crippen molar-refractivity contribution in [3.63, 3.8) is 0 Å². The van der Waals surface area contributed by atoms with E-state index in [-0.39, 0.29) is 62.5 Å². The maximum atomic E-state index is 15.5. The number of carbonyl (C=O) groups excluding carboxylic acids is 12. The number of hydrogen-bond acceptors (Lipinski definition) is 20. The summed E-state index contributed by atoms with van der Waals surface area (Å²) in [7, 11) is 0. The van der Waals surface area contributed by atoms with Gasteiger partial charge in [0.25, 0.3) is 0 Å². The van der Waals surface area contributed by atoms with Crippen molar-refractivity contribution in [2.24, 2.45) is 56.5 Å². The first kappa shape index (κ1) is 96.4. The van der Waals surface area contributed by atoms with E-state index in [9.17, 15) is 94.7 Å². The zero-order valence-corrected chi connectivity index (χ0v) is 61.0. The van der Waals surface area contributed by atoms with E-state index in [0.29, 0.717) is 0 Å². The van der Waals surface area contributed by atoms with Gasteiger partial charge >= 0.3 is 24.3 Å². The molecule has 1 fully saturated rings. The zero-order valence-electron chi connectivity index (χ0n) is 61.0. The lowest BCUT2D eigenvalue weighted by atomic mass is 9.86. The topological polar surface area (TPSA) is 609 Å². The van der Waals surface area contributed by atoms with Gasteiger partial charge in [0.2, 0.25) is 70.9 Å². The third-order valence-electron chi connectivity index (χ3n) is 15.3. The lowest BCUT2D eigenvalue weighted by Gasteiger charge is -2.35. The normalized spacial score (nSPS) is 22.9. The van der Waals surface area contributed by atoms with Gasteiger partial charge in [-0.3, -0.25) is 62.5 Å². The number of aliphatic carboxylic acids is 2. The van der Waals surface area contributed by atoms with Crippen LogP contribution in [0.3, 0.4) is 0 Å². The number of primary amides is 1. The second-order valence-electron chi connectivity index (χ2n) is 28.1. The van der Waals surface area contributed by atoms with E-state index < -0.39 is 216 Å². The molecule has 0 bridgehead atoms. The first-order chi connectivity index (χ1) is 48.5. The molecule has 1 aromatic carbocycles. The molecule has 0 aliphatic carbocycles. The average Bonchev–Trinajstić information content (AvgIpc) is 0.810. The van der Waals surface area contributed by atoms with Crippen molar-refractivity contribution >= 4 is 88.8 Å². The molecule has 12 amide bonds. The first-order valence-corrected chi connectivity index (χ1v) is 33.2. The number of carboxylic acids is 2. The van der Waals surface area contributed by atoms with Gasteiger partial charge in [-0.15, -0.1) is 0 Å². The van der Waals surface area contributed by atoms with Crippen molar-refractivity contribution < 1.29 is 124 Å². The van der Waals surface area contributed by atoms with Crippen LogP contribution < -0.4 is 81.4 Å². The highest BCUT2D eigenvalue weighted by Crippen LogP contribution is 2.25. The Hall–Kier alpha value is -9.55. The smallest absolute Gasteiger partial charge is 0.475 e. The van der Waals surface area contributed by atoms with E-state index in [1.54, 1.807) is 54.5 Å². The third-order valence-corrected chi connectivity index (χ3v) is 15.3. The summed E-state index contributed by atoms with van der Waals surface area (Å²) in [6.45, 7) is 19.2. The summed E-state index contributed by atoms with van der Waals surface area (Å²) in [6.07, 6.45) is -16.2. The van der Waals surface area contributed by atoms with Gasteiger partial charge in [0.1, 0.15) is 54.4 Å². The Bertz CT molecular complexity index is 3160. The van der Waals surface area contributed by atoms with Crippen LogP contribution in [0.2, 0.25) is 0 Å². The van der Waals surface area contributed by atoms with Crippen LogP contribution in [-0.2, 0) is 67.1 Å². The Labute approximate surface area is 607 Å². The maximum Gasteiger partial charge on any atom is 0.490 e. The predicted octanol–water partition coefficient (Wildman–Crippen LogP) is -3.81. The van der Waals surface area contributed by atoms with E-state index >= 15 is 9.59 Å². The average molecular weight is 1530 g/mol. The molecule has 1 aliphatic rings. The molecule has 106 heavy (non-hydrogen) atoms. The molecule has 25 N–H and O–H groups in total. The molecule has 0 spiro atoms. The number of aliphatic hydroxyl groups excluding tert-OH is 4. The van der Waals surface area contributed by atoms with Crippen LogP contribution in [0.15, 0.2) is 35.3 Å². The number of carboxylic acid groups (broad SMARTS) is 2. The number of nitrogens with zero attached hydrogens (tertiary/aromatic N) is 1. The van der Waals surface area contributed by atoms with Crippen molar-refractivity contribution in [3.8, 4) is 0 Å². The number of hydrogen-bond donors (Lipinski definition) is 21. The van der Waals surface area contributed by atoms with E-state index in [2.05, 4.69) is 58.2 Å². The first-order valence-electron chi connectivity index (χ1n) is 33.2. The number of benzene rings is 1. The van der Waals surface area contributed by atoms with Gasteiger partial charge in [0.15, 0.2) is 12.1 Å². The lowest BCUT2D eigenvalue weighted by molar-refractivity contribution is -0.193. The third kappa shape index (κ3) is 35.5. The molecule has 0 radical (unpaired) electrons. The molecule has 1 saturated heterocycles. The predicted molar refractivity (Wildman–Crippen MR) is 365 cm³/mol. The largest absolute Gasteiger partial charge is 0.490 e. The highest BCUT2D eigenvalue weighted by Gasteiger charge is 2.44. The van der Waals surface area contributed by atoms with Crippen molar-refractivity contribution in [2.45, 2.75) is 226 Å². The minimum Gasteiger partial charge on any atom is -0.475 e. The fourth-order valence-electron chi connectivity index (χ4n) is 9.64. The van der Waals surface area contributed by atoms with Crippen LogP contribution in [0.4, 0.5) is 26.3 Å². The summed E-state index contributed by atoms with van der Waals surface area (Å²) in [6, 6.07) is -12.1. The summed E-state index contributed by atoms with van der Waals surface area (Å²) in [5.41, 5.74) is 21.7. The SMILES string of the molecule is CC[C@H](C)[C@@H]1NC(=O)[C@@H](CCCN=C(N)N)NC(=O)[C@H](CC(C)C)NC(=O)[C@H]([C@H](O)C(C)C)NC(=O)[C@@H](NC(=O)[C@H](CC(C)(C)C)NC(=O)[C@H](N)CC(C)(C)C)[C@@H](c2ccccc2)NC(=O)[C@H](CO)NC(=O)[C@H]([C@H](O)C(N)=O)NC(=O)CNC(=O)[C@H]([C@H](C)O)NC1=O.O=C(O)C(F)(F)F.O=C(O)C(F)(F)F. The summed E-state index contributed by atoms with van der Waals surface area (Å²) in [4.78, 5) is 193. The highest BCUT2D eigenvalue weighted by molar-refractivity contribution is 6.01. The molecule has 36 nitrogen and oxygen atoms in total. The molecule has 2 rings (SSSR count). The number of carbonyl (C=O) groups is 14. The van der Waals surface area contributed by atoms with Crippen LogP contribution in [0.25, 0.3) is 0 Å². The zero-order chi connectivity index (χ0) is 82.4. The fraction of sp³-hybridized carbons (Fsp3) is 0.672. The van der Waals surface area contributed by atoms with Gasteiger partial charge < -0.3 is 112 Å². The molecule has 602 valence electrons. The van der Waals surface area contributed by atoms with E-state index in [0.717, 1.165) is 6.92 Å². The summed E-state index contributed by atoms with van der Waals surface area (Å²) in [5, 5.41) is 85.4. The number of alkyl halides is 6. The minimum atomic E-state index is -5.08. The number of nitrogens with one attached hydrogen (secondary N) is 11. The quantitative estimate of drug-likeness (QED) is 0.0243. The van der Waals surface area contributed by atoms with Crippen molar-refractivity contribution in [1.29, 1.82) is 0 Å². The molecule has 15 atom stereocenters. The van der Waals surface area contributed by atoms with E-state index in [1.807, 2.05) is 26.1 Å². The maximum absolute atomic E-state index is 15.5. The van der Waals surface area contributed by atoms with Crippen LogP contribution in [-0.4, -0.2) is 230 Å². The van der Waals surface area contributed by atoms with Crippen molar-refractivity contribution in [1.82, 2.24) is 58.5 Å². The number of aliphatic imine (C=N–C) groups is 1. The number of halogens is 6. The fourth-order valence-corrected chi connectivity index (χ4v) is 9.64. The van der Waals surface area contributed by atoms with Gasteiger partial charge in [-0.1, -0.05) is 120 Å². The second-order valence-corrected chi connectivity index (χ2v) is 28.1. The molecule has 42 heteroatoms. The van der Waals surface area contributed by atoms with E-state index in [1.165, 1.54) is 38.1 Å². The van der Waals surface area contributed by atoms with Crippen LogP contribution >= 0.6 is 0 Å². The molecule has 0 unspecified atom stereocenters. The molecule has 1 heterocycles. The number of nitrogens with two attached hydrogens (primary N) is 4. The Morgan fingerprint density at radius 1 is 0.594 bits per heavy atom. The number of aliphatic hydroxyl groups is 4. The van der Waals surface area contributed by atoms with Crippen LogP contribution in [0, 0.1) is 28.6 Å². The standard InChI is InChI=1S/C60H102N16O16.2C2HF3O2/c1-14-30(6)39-54(89)73-40(31(7)78)53(88)66-26-38(79)71-44(46(81)47(62)82)57(92)70-37(27-77)52(87)74-41(32-19-16-15-17-20-32)42(75-51(86)36(25-60(11,12)13)69-48(83)33(61)24-59(8,9)10)55(90)76-43(45(80)29(4)5)56(91)68-35(23-28(2)3)50(85)67-34(49(84)72-39)21-18-22-65-58(63)64;2*3-2(4,5)1(6)7/h15-17,19-20,28-31,33-37,39-46,77-78,80-81H,14,18,21-27,61H2,1-13H3,(H2,62,82)(H,66,88)(H,67,85)(H,68,91)(H,69,83)(H,70,92)(H,71,79)(H,72,84)(H,73,89)(H,74,87)(H,75,86)(H,76,90)(H4,63,64,65);2*(H,6,7)/t30-,31-,33+,34+,35-,36-,37-,39-,40-,41+,42-,43-,44-,45+,46-;;/m0../s1. The summed E-state index contributed by atoms with van der Waals surface area (Å²) < 4.78 is 63.5. The Morgan fingerprint density at radius 3 is 1.51 bits per heavy atom. The molecular formula is C64H104F6N16O20. The minimum absolute atomic E-state index is 0.0350. The molecule has 1 aromatic rings. The van der Waals surface area contributed by atoms with Gasteiger partial charge in [0, 0.05) is 6.54 Å². The molecule has 0 saturated carbocycles. The number of amides is 12. The highest BCUT2D eigenvalue weighted by atomic mass is 19.4. The Balaban J connectivity index is 0.00000710. The monoisotopic (exact) mass is 1530 g/mol. The second kappa shape index (κ2) is 43.8. The molecule has 1 aliphatic heterocycles. The summed E-state index contributed by atoms with van der Waals surface area (Å²) in [5.74, 6) is -21.9. The lowest BCUT2D eigenvalue weighted by Crippen LogP contribution is -2.65. The molecule has 0 aromatic heterocycles. The number of rotatable bonds is 21. The van der Waals surface area contributed by atoms with Gasteiger partial charge in [-0.05, 0) is 73.2 Å². The molecular weight excluding hydrogens is 1430 g/mol. The number of guanidine groups is 1. The van der Waals surface area contributed by atoms with Crippen LogP contribution in [0.1, 0.15) is 140 Å². The van der Waals surface area contributed by atoms with Gasteiger partial charge in [-0.25, -0.2) is 9.59 Å². The van der Waals surface area contributed by atoms with Crippen molar-refractivity contribution in [2.75, 3.05) is 19.7 Å². The summed E-state index contributed by atoms with van der Waals surface area (Å²) >= 11 is 0. The Morgan fingerprint density at radius 2 is 1.06 bits per heavy atom. The van der Waals surface area contributed by atoms with Gasteiger partial charge in [-0.2, -0.15) is 26.3 Å². The van der Waals surface area contributed by atoms with Crippen LogP contribution in [0.5, 0.6) is 0 Å². The van der Waals surface area contributed by atoms with E-state index in [4.69, 9.17) is 42.7 Å². The van der Waals surface area contributed by atoms with Crippen molar-refractivity contribution in [3.05, 3.63) is 35.9 Å².